The second-order valence-electron chi connectivity index (χ2n) is 3.68. The number of nitrogens with zero attached hydrogens (tertiary/aromatic N) is 1. The third kappa shape index (κ3) is 3.49. The van der Waals surface area contributed by atoms with Gasteiger partial charge in [0.15, 0.2) is 0 Å². The molecule has 0 aliphatic carbocycles. The van der Waals surface area contributed by atoms with Crippen molar-refractivity contribution in [2.75, 3.05) is 18.0 Å². The Morgan fingerprint density at radius 1 is 1.41 bits per heavy atom. The normalized spacial score (nSPS) is 10.4. The Hall–Kier alpha value is -1.49. The van der Waals surface area contributed by atoms with Crippen molar-refractivity contribution in [1.29, 1.82) is 0 Å². The van der Waals surface area contributed by atoms with Crippen LogP contribution in [0.3, 0.4) is 0 Å². The standard InChI is InChI=1S/C12H16F2N2O/c1-2-3-12(17)16(7-6-15)11-5-4-9(13)8-10(11)14/h4-5,8H,2-3,6-7,15H2,1H3. The molecule has 0 bridgehead atoms. The molecule has 0 spiro atoms. The van der Waals surface area contributed by atoms with Crippen molar-refractivity contribution in [3.05, 3.63) is 29.8 Å². The fourth-order valence-corrected chi connectivity index (χ4v) is 1.56. The van der Waals surface area contributed by atoms with E-state index in [1.807, 2.05) is 6.92 Å². The first-order valence-corrected chi connectivity index (χ1v) is 5.55. The molecule has 0 atom stereocenters. The van der Waals surface area contributed by atoms with Gasteiger partial charge in [0.2, 0.25) is 5.91 Å². The molecule has 0 aliphatic rings. The zero-order chi connectivity index (χ0) is 12.8. The number of rotatable bonds is 5. The number of amides is 1. The van der Waals surface area contributed by atoms with E-state index in [9.17, 15) is 13.6 Å². The van der Waals surface area contributed by atoms with Crippen LogP contribution in [0.5, 0.6) is 0 Å². The fourth-order valence-electron chi connectivity index (χ4n) is 1.56. The highest BCUT2D eigenvalue weighted by Gasteiger charge is 2.17. The Labute approximate surface area is 99.2 Å². The monoisotopic (exact) mass is 242 g/mol. The van der Waals surface area contributed by atoms with Crippen LogP contribution in [-0.4, -0.2) is 19.0 Å². The quantitative estimate of drug-likeness (QED) is 0.859. The summed E-state index contributed by atoms with van der Waals surface area (Å²) >= 11 is 0. The van der Waals surface area contributed by atoms with Gasteiger partial charge in [0, 0.05) is 25.6 Å². The van der Waals surface area contributed by atoms with E-state index in [-0.39, 0.29) is 24.7 Å². The van der Waals surface area contributed by atoms with Gasteiger partial charge in [0.05, 0.1) is 5.69 Å². The Morgan fingerprint density at radius 3 is 2.65 bits per heavy atom. The first kappa shape index (κ1) is 13.6. The summed E-state index contributed by atoms with van der Waals surface area (Å²) in [6.07, 6.45) is 0.986. The third-order valence-corrected chi connectivity index (χ3v) is 2.32. The fraction of sp³-hybridized carbons (Fsp3) is 0.417. The molecule has 0 aliphatic heterocycles. The average Bonchev–Trinajstić information content (AvgIpc) is 2.27. The molecule has 0 fully saturated rings. The van der Waals surface area contributed by atoms with Crippen molar-refractivity contribution in [2.45, 2.75) is 19.8 Å². The molecule has 1 rings (SSSR count). The van der Waals surface area contributed by atoms with Gasteiger partial charge in [-0.2, -0.15) is 0 Å². The Morgan fingerprint density at radius 2 is 2.12 bits per heavy atom. The summed E-state index contributed by atoms with van der Waals surface area (Å²) in [5, 5.41) is 0. The number of nitrogens with two attached hydrogens (primary N) is 1. The SMILES string of the molecule is CCCC(=O)N(CCN)c1ccc(F)cc1F. The maximum absolute atomic E-state index is 13.5. The molecule has 0 aromatic heterocycles. The Balaban J connectivity index is 3.00. The van der Waals surface area contributed by atoms with Crippen LogP contribution in [0.1, 0.15) is 19.8 Å². The third-order valence-electron chi connectivity index (χ3n) is 2.32. The van der Waals surface area contributed by atoms with Crippen LogP contribution in [0.15, 0.2) is 18.2 Å². The van der Waals surface area contributed by atoms with Gasteiger partial charge < -0.3 is 10.6 Å². The maximum Gasteiger partial charge on any atom is 0.227 e. The van der Waals surface area contributed by atoms with Crippen LogP contribution >= 0.6 is 0 Å². The highest BCUT2D eigenvalue weighted by atomic mass is 19.1. The van der Waals surface area contributed by atoms with Gasteiger partial charge >= 0.3 is 0 Å². The topological polar surface area (TPSA) is 46.3 Å². The predicted molar refractivity (Wildman–Crippen MR) is 62.7 cm³/mol. The second-order valence-corrected chi connectivity index (χ2v) is 3.68. The van der Waals surface area contributed by atoms with Crippen molar-refractivity contribution >= 4 is 11.6 Å². The summed E-state index contributed by atoms with van der Waals surface area (Å²) in [6.45, 7) is 2.31. The van der Waals surface area contributed by atoms with Gasteiger partial charge in [-0.1, -0.05) is 6.92 Å². The summed E-state index contributed by atoms with van der Waals surface area (Å²) in [6, 6.07) is 3.15. The van der Waals surface area contributed by atoms with Crippen molar-refractivity contribution in [1.82, 2.24) is 0 Å². The van der Waals surface area contributed by atoms with Crippen LogP contribution in [0.2, 0.25) is 0 Å². The van der Waals surface area contributed by atoms with E-state index in [1.54, 1.807) is 0 Å². The van der Waals surface area contributed by atoms with Crippen LogP contribution in [0.25, 0.3) is 0 Å². The summed E-state index contributed by atoms with van der Waals surface area (Å²) in [7, 11) is 0. The number of carbonyl (C=O) groups excluding carboxylic acids is 1. The lowest BCUT2D eigenvalue weighted by Gasteiger charge is -2.22. The first-order chi connectivity index (χ1) is 8.10. The van der Waals surface area contributed by atoms with Crippen LogP contribution < -0.4 is 10.6 Å². The van der Waals surface area contributed by atoms with E-state index in [4.69, 9.17) is 5.73 Å². The van der Waals surface area contributed by atoms with Gasteiger partial charge in [0.25, 0.3) is 0 Å². The zero-order valence-corrected chi connectivity index (χ0v) is 9.75. The van der Waals surface area contributed by atoms with Crippen LogP contribution in [0, 0.1) is 11.6 Å². The molecular weight excluding hydrogens is 226 g/mol. The largest absolute Gasteiger partial charge is 0.329 e. The van der Waals surface area contributed by atoms with Gasteiger partial charge in [-0.25, -0.2) is 8.78 Å². The van der Waals surface area contributed by atoms with Crippen LogP contribution in [0.4, 0.5) is 14.5 Å². The number of anilines is 1. The molecule has 3 nitrogen and oxygen atoms in total. The molecular formula is C12H16F2N2O. The molecule has 2 N–H and O–H groups in total. The number of hydrogen-bond donors (Lipinski definition) is 1. The van der Waals surface area contributed by atoms with E-state index in [0.717, 1.165) is 12.1 Å². The number of carbonyl (C=O) groups is 1. The molecule has 94 valence electrons. The maximum atomic E-state index is 13.5. The Bertz CT molecular complexity index is 396. The van der Waals surface area contributed by atoms with Crippen molar-refractivity contribution in [2.24, 2.45) is 5.73 Å². The lowest BCUT2D eigenvalue weighted by molar-refractivity contribution is -0.118. The zero-order valence-electron chi connectivity index (χ0n) is 9.75. The number of halogens is 2. The van der Waals surface area contributed by atoms with E-state index in [0.29, 0.717) is 12.8 Å². The highest BCUT2D eigenvalue weighted by Crippen LogP contribution is 2.20. The summed E-state index contributed by atoms with van der Waals surface area (Å²) in [4.78, 5) is 13.0. The average molecular weight is 242 g/mol. The highest BCUT2D eigenvalue weighted by molar-refractivity contribution is 5.93. The lowest BCUT2D eigenvalue weighted by Crippen LogP contribution is -2.35. The van der Waals surface area contributed by atoms with Gasteiger partial charge in [-0.15, -0.1) is 0 Å². The van der Waals surface area contributed by atoms with Gasteiger partial charge in [-0.3, -0.25) is 4.79 Å². The van der Waals surface area contributed by atoms with E-state index in [1.165, 1.54) is 11.0 Å². The van der Waals surface area contributed by atoms with Crippen molar-refractivity contribution < 1.29 is 13.6 Å². The van der Waals surface area contributed by atoms with Crippen molar-refractivity contribution in [3.8, 4) is 0 Å². The van der Waals surface area contributed by atoms with Gasteiger partial charge in [-0.05, 0) is 18.6 Å². The molecule has 0 radical (unpaired) electrons. The van der Waals surface area contributed by atoms with Crippen LogP contribution in [-0.2, 0) is 4.79 Å². The van der Waals surface area contributed by atoms with E-state index < -0.39 is 11.6 Å². The first-order valence-electron chi connectivity index (χ1n) is 5.55. The summed E-state index contributed by atoms with van der Waals surface area (Å²) in [5.74, 6) is -1.62. The van der Waals surface area contributed by atoms with E-state index in [2.05, 4.69) is 0 Å². The van der Waals surface area contributed by atoms with Gasteiger partial charge in [0.1, 0.15) is 11.6 Å². The Kier molecular flexibility index (Phi) is 5.03. The van der Waals surface area contributed by atoms with E-state index >= 15 is 0 Å². The molecule has 5 heteroatoms. The summed E-state index contributed by atoms with van der Waals surface area (Å²) in [5.41, 5.74) is 5.47. The molecule has 17 heavy (non-hydrogen) atoms. The molecule has 0 saturated carbocycles. The summed E-state index contributed by atoms with van der Waals surface area (Å²) < 4.78 is 26.3. The molecule has 1 amide bonds. The number of hydrogen-bond acceptors (Lipinski definition) is 2. The molecule has 1 aromatic carbocycles. The minimum Gasteiger partial charge on any atom is -0.329 e. The minimum absolute atomic E-state index is 0.0790. The number of benzene rings is 1. The smallest absolute Gasteiger partial charge is 0.227 e. The molecule has 0 unspecified atom stereocenters. The molecule has 0 heterocycles. The second kappa shape index (κ2) is 6.30. The predicted octanol–water partition coefficient (Wildman–Crippen LogP) is 2.06. The minimum atomic E-state index is -0.747. The van der Waals surface area contributed by atoms with Crippen molar-refractivity contribution in [3.63, 3.8) is 0 Å². The molecule has 1 aromatic rings. The lowest BCUT2D eigenvalue weighted by atomic mass is 10.2. The molecule has 0 saturated heterocycles.